The van der Waals surface area contributed by atoms with Crippen molar-refractivity contribution in [3.63, 3.8) is 0 Å². The van der Waals surface area contributed by atoms with E-state index < -0.39 is 0 Å². The predicted octanol–water partition coefficient (Wildman–Crippen LogP) is 3.34. The Labute approximate surface area is 115 Å². The monoisotopic (exact) mass is 309 g/mol. The van der Waals surface area contributed by atoms with Crippen LogP contribution in [0.1, 0.15) is 24.7 Å². The molecule has 1 aromatic heterocycles. The fourth-order valence-corrected chi connectivity index (χ4v) is 2.19. The Morgan fingerprint density at radius 1 is 1.39 bits per heavy atom. The molecule has 1 aromatic carbocycles. The summed E-state index contributed by atoms with van der Waals surface area (Å²) in [5.41, 5.74) is 1.10. The number of aromatic nitrogens is 3. The van der Waals surface area contributed by atoms with Crippen molar-refractivity contribution in [1.29, 1.82) is 0 Å². The number of halogens is 1. The molecule has 0 aliphatic rings. The van der Waals surface area contributed by atoms with E-state index in [2.05, 4.69) is 32.9 Å². The van der Waals surface area contributed by atoms with Crippen molar-refractivity contribution in [2.24, 2.45) is 0 Å². The third kappa shape index (κ3) is 3.10. The number of hydrogen-bond donors (Lipinski definition) is 0. The molecule has 5 heteroatoms. The number of rotatable bonds is 5. The predicted molar refractivity (Wildman–Crippen MR) is 73.5 cm³/mol. The summed E-state index contributed by atoms with van der Waals surface area (Å²) >= 11 is 3.44. The Kier molecular flexibility index (Phi) is 4.36. The number of nitrogens with zero attached hydrogens (tertiary/aromatic N) is 3. The molecule has 0 atom stereocenters. The zero-order chi connectivity index (χ0) is 13.0. The summed E-state index contributed by atoms with van der Waals surface area (Å²) < 4.78 is 8.72. The first kappa shape index (κ1) is 13.1. The van der Waals surface area contributed by atoms with Gasteiger partial charge in [0.2, 0.25) is 0 Å². The van der Waals surface area contributed by atoms with Crippen LogP contribution in [0.2, 0.25) is 0 Å². The normalized spacial score (nSPS) is 10.6. The topological polar surface area (TPSA) is 39.9 Å². The Balaban J connectivity index is 2.04. The minimum atomic E-state index is 0.447. The molecule has 0 aliphatic heterocycles. The van der Waals surface area contributed by atoms with Gasteiger partial charge in [0, 0.05) is 11.0 Å². The summed E-state index contributed by atoms with van der Waals surface area (Å²) in [6.45, 7) is 5.46. The summed E-state index contributed by atoms with van der Waals surface area (Å²) in [6.07, 6.45) is 2.61. The number of hydrogen-bond acceptors (Lipinski definition) is 3. The molecule has 18 heavy (non-hydrogen) atoms. The van der Waals surface area contributed by atoms with Crippen LogP contribution in [-0.2, 0) is 13.2 Å². The molecule has 4 nitrogen and oxygen atoms in total. The third-order valence-electron chi connectivity index (χ3n) is 2.62. The lowest BCUT2D eigenvalue weighted by atomic mass is 10.2. The van der Waals surface area contributed by atoms with Crippen LogP contribution in [-0.4, -0.2) is 14.8 Å². The average Bonchev–Trinajstić information content (AvgIpc) is 2.76. The van der Waals surface area contributed by atoms with Gasteiger partial charge in [0.1, 0.15) is 18.7 Å². The summed E-state index contributed by atoms with van der Waals surface area (Å²) in [6, 6.07) is 5.96. The maximum absolute atomic E-state index is 5.78. The molecule has 0 fully saturated rings. The summed E-state index contributed by atoms with van der Waals surface area (Å²) in [5.74, 6) is 1.74. The van der Waals surface area contributed by atoms with Crippen molar-refractivity contribution in [3.05, 3.63) is 40.4 Å². The van der Waals surface area contributed by atoms with Gasteiger partial charge < -0.3 is 4.74 Å². The van der Waals surface area contributed by atoms with Gasteiger partial charge >= 0.3 is 0 Å². The summed E-state index contributed by atoms with van der Waals surface area (Å²) in [4.78, 5) is 4.21. The molecular formula is C13H16BrN3O. The maximum atomic E-state index is 5.78. The molecule has 0 amide bonds. The zero-order valence-corrected chi connectivity index (χ0v) is 12.1. The van der Waals surface area contributed by atoms with E-state index in [9.17, 15) is 0 Å². The number of benzene rings is 1. The minimum Gasteiger partial charge on any atom is -0.485 e. The first-order valence-electron chi connectivity index (χ1n) is 5.96. The van der Waals surface area contributed by atoms with E-state index in [1.54, 1.807) is 6.33 Å². The van der Waals surface area contributed by atoms with Crippen LogP contribution in [0.3, 0.4) is 0 Å². The van der Waals surface area contributed by atoms with Crippen LogP contribution in [0.4, 0.5) is 0 Å². The molecule has 0 saturated heterocycles. The van der Waals surface area contributed by atoms with Gasteiger partial charge in [-0.3, -0.25) is 0 Å². The molecule has 96 valence electrons. The van der Waals surface area contributed by atoms with Crippen LogP contribution in [0.15, 0.2) is 29.0 Å². The SMILES string of the molecule is CCCn1ncnc1COc1ccc(Br)cc1C. The van der Waals surface area contributed by atoms with Gasteiger partial charge in [-0.2, -0.15) is 5.10 Å². The van der Waals surface area contributed by atoms with E-state index in [0.717, 1.165) is 34.6 Å². The Morgan fingerprint density at radius 3 is 2.94 bits per heavy atom. The van der Waals surface area contributed by atoms with E-state index in [0.29, 0.717) is 6.61 Å². The Bertz CT molecular complexity index is 525. The third-order valence-corrected chi connectivity index (χ3v) is 3.12. The molecule has 0 radical (unpaired) electrons. The van der Waals surface area contributed by atoms with Crippen LogP contribution in [0.5, 0.6) is 5.75 Å². The Morgan fingerprint density at radius 2 is 2.22 bits per heavy atom. The van der Waals surface area contributed by atoms with E-state index >= 15 is 0 Å². The van der Waals surface area contributed by atoms with Crippen molar-refractivity contribution in [2.45, 2.75) is 33.4 Å². The van der Waals surface area contributed by atoms with Gasteiger partial charge in [-0.05, 0) is 37.1 Å². The van der Waals surface area contributed by atoms with Crippen LogP contribution >= 0.6 is 15.9 Å². The fraction of sp³-hybridized carbons (Fsp3) is 0.385. The first-order chi connectivity index (χ1) is 8.70. The standard InChI is InChI=1S/C13H16BrN3O/c1-3-6-17-13(15-9-16-17)8-18-12-5-4-11(14)7-10(12)2/h4-5,7,9H,3,6,8H2,1-2H3. The molecule has 1 heterocycles. The van der Waals surface area contributed by atoms with Crippen molar-refractivity contribution < 1.29 is 4.74 Å². The first-order valence-corrected chi connectivity index (χ1v) is 6.75. The molecule has 0 unspecified atom stereocenters. The lowest BCUT2D eigenvalue weighted by Gasteiger charge is -2.09. The zero-order valence-electron chi connectivity index (χ0n) is 10.6. The summed E-state index contributed by atoms with van der Waals surface area (Å²) in [7, 11) is 0. The Hall–Kier alpha value is -1.36. The molecule has 0 bridgehead atoms. The van der Waals surface area contributed by atoms with Gasteiger partial charge in [0.15, 0.2) is 5.82 Å². The maximum Gasteiger partial charge on any atom is 0.164 e. The van der Waals surface area contributed by atoms with Crippen molar-refractivity contribution >= 4 is 15.9 Å². The molecule has 0 saturated carbocycles. The second kappa shape index (κ2) is 6.00. The summed E-state index contributed by atoms with van der Waals surface area (Å²) in [5, 5.41) is 4.17. The van der Waals surface area contributed by atoms with Crippen LogP contribution < -0.4 is 4.74 Å². The van der Waals surface area contributed by atoms with Crippen LogP contribution in [0, 0.1) is 6.92 Å². The second-order valence-electron chi connectivity index (χ2n) is 4.10. The van der Waals surface area contributed by atoms with E-state index in [1.807, 2.05) is 29.8 Å². The molecular weight excluding hydrogens is 294 g/mol. The van der Waals surface area contributed by atoms with Gasteiger partial charge in [-0.15, -0.1) is 0 Å². The highest BCUT2D eigenvalue weighted by molar-refractivity contribution is 9.10. The van der Waals surface area contributed by atoms with Crippen LogP contribution in [0.25, 0.3) is 0 Å². The van der Waals surface area contributed by atoms with Gasteiger partial charge in [0.25, 0.3) is 0 Å². The number of aryl methyl sites for hydroxylation is 2. The van der Waals surface area contributed by atoms with E-state index in [1.165, 1.54) is 0 Å². The van der Waals surface area contributed by atoms with Crippen molar-refractivity contribution in [3.8, 4) is 5.75 Å². The van der Waals surface area contributed by atoms with E-state index in [-0.39, 0.29) is 0 Å². The van der Waals surface area contributed by atoms with Gasteiger partial charge in [-0.25, -0.2) is 9.67 Å². The molecule has 0 N–H and O–H groups in total. The van der Waals surface area contributed by atoms with Crippen molar-refractivity contribution in [1.82, 2.24) is 14.8 Å². The lowest BCUT2D eigenvalue weighted by molar-refractivity contribution is 0.284. The highest BCUT2D eigenvalue weighted by Gasteiger charge is 2.06. The highest BCUT2D eigenvalue weighted by atomic mass is 79.9. The smallest absolute Gasteiger partial charge is 0.164 e. The lowest BCUT2D eigenvalue weighted by Crippen LogP contribution is -2.08. The molecule has 2 aromatic rings. The molecule has 2 rings (SSSR count). The van der Waals surface area contributed by atoms with Gasteiger partial charge in [0.05, 0.1) is 0 Å². The molecule has 0 aliphatic carbocycles. The van der Waals surface area contributed by atoms with Gasteiger partial charge in [-0.1, -0.05) is 22.9 Å². The largest absolute Gasteiger partial charge is 0.485 e. The quantitative estimate of drug-likeness (QED) is 0.850. The minimum absolute atomic E-state index is 0.447. The number of ether oxygens (including phenoxy) is 1. The molecule has 0 spiro atoms. The second-order valence-corrected chi connectivity index (χ2v) is 5.01. The van der Waals surface area contributed by atoms with Crippen molar-refractivity contribution in [2.75, 3.05) is 0 Å². The average molecular weight is 310 g/mol. The van der Waals surface area contributed by atoms with E-state index in [4.69, 9.17) is 4.74 Å². The fourth-order valence-electron chi connectivity index (χ4n) is 1.72. The highest BCUT2D eigenvalue weighted by Crippen LogP contribution is 2.22.